The van der Waals surface area contributed by atoms with Crippen molar-refractivity contribution in [2.45, 2.75) is 19.4 Å². The summed E-state index contributed by atoms with van der Waals surface area (Å²) in [5.74, 6) is 0.984. The maximum atomic E-state index is 12.9. The normalized spacial score (nSPS) is 14.3. The summed E-state index contributed by atoms with van der Waals surface area (Å²) in [4.78, 5) is 30.2. The number of anilines is 2. The molecule has 2 aromatic carbocycles. The Kier molecular flexibility index (Phi) is 6.67. The Balaban J connectivity index is 1.44. The van der Waals surface area contributed by atoms with Crippen LogP contribution in [-0.4, -0.2) is 53.1 Å². The summed E-state index contributed by atoms with van der Waals surface area (Å²) in [6.07, 6.45) is 3.58. The Labute approximate surface area is 212 Å². The number of H-pyrrole nitrogens is 2. The van der Waals surface area contributed by atoms with Gasteiger partial charge in [0.05, 0.1) is 41.3 Å². The molecule has 36 heavy (non-hydrogen) atoms. The van der Waals surface area contributed by atoms with Gasteiger partial charge in [0.15, 0.2) is 0 Å². The minimum Gasteiger partial charge on any atom is -0.495 e. The molecule has 0 saturated carbocycles. The molecule has 0 radical (unpaired) electrons. The van der Waals surface area contributed by atoms with Crippen molar-refractivity contribution >= 4 is 40.3 Å². The molecule has 1 unspecified atom stereocenters. The second-order valence-corrected chi connectivity index (χ2v) is 9.11. The molecule has 3 heterocycles. The zero-order chi connectivity index (χ0) is 25.2. The van der Waals surface area contributed by atoms with Crippen molar-refractivity contribution in [3.8, 4) is 17.1 Å². The number of aliphatic imine (C=N–C) groups is 1. The second kappa shape index (κ2) is 10.0. The number of hydrogen-bond acceptors (Lipinski definition) is 7. The minimum atomic E-state index is -0.854. The van der Waals surface area contributed by atoms with E-state index in [1.165, 1.54) is 7.11 Å². The molecule has 1 aliphatic rings. The lowest BCUT2D eigenvalue weighted by molar-refractivity contribution is 0.191. The summed E-state index contributed by atoms with van der Waals surface area (Å²) in [6, 6.07) is 11.0. The van der Waals surface area contributed by atoms with E-state index in [2.05, 4.69) is 31.2 Å². The van der Waals surface area contributed by atoms with Gasteiger partial charge in [-0.1, -0.05) is 17.7 Å². The van der Waals surface area contributed by atoms with Crippen LogP contribution in [0.1, 0.15) is 23.7 Å². The third kappa shape index (κ3) is 4.67. The molecule has 10 heteroatoms. The van der Waals surface area contributed by atoms with Gasteiger partial charge in [0.25, 0.3) is 5.56 Å². The number of ether oxygens (including phenoxy) is 1. The molecule has 0 aliphatic carbocycles. The number of methoxy groups -OCH3 is 1. The van der Waals surface area contributed by atoms with Crippen molar-refractivity contribution in [2.24, 2.45) is 4.99 Å². The van der Waals surface area contributed by atoms with Gasteiger partial charge >= 0.3 is 0 Å². The molecule has 1 atom stereocenters. The summed E-state index contributed by atoms with van der Waals surface area (Å²) < 4.78 is 5.18. The molecule has 0 amide bonds. The van der Waals surface area contributed by atoms with Crippen LogP contribution in [0.5, 0.6) is 5.75 Å². The lowest BCUT2D eigenvalue weighted by Crippen LogP contribution is -2.26. The molecule has 2 aromatic heterocycles. The van der Waals surface area contributed by atoms with E-state index >= 15 is 0 Å². The van der Waals surface area contributed by atoms with E-state index in [9.17, 15) is 9.90 Å². The van der Waals surface area contributed by atoms with Crippen LogP contribution in [0.4, 0.5) is 11.4 Å². The van der Waals surface area contributed by atoms with Crippen LogP contribution in [0.2, 0.25) is 5.02 Å². The zero-order valence-electron chi connectivity index (χ0n) is 20.0. The lowest BCUT2D eigenvalue weighted by Gasteiger charge is -2.22. The van der Waals surface area contributed by atoms with E-state index in [4.69, 9.17) is 21.3 Å². The Hall–Kier alpha value is -3.82. The highest BCUT2D eigenvalue weighted by Gasteiger charge is 2.18. The summed E-state index contributed by atoms with van der Waals surface area (Å²) in [5, 5.41) is 14.3. The highest BCUT2D eigenvalue weighted by atomic mass is 35.5. The molecule has 4 aromatic rings. The number of pyridine rings is 1. The van der Waals surface area contributed by atoms with Crippen molar-refractivity contribution in [1.82, 2.24) is 15.0 Å². The van der Waals surface area contributed by atoms with Crippen molar-refractivity contribution in [3.05, 3.63) is 69.1 Å². The fraction of sp³-hybridized carbons (Fsp3) is 0.269. The number of hydrogen-bond donors (Lipinski definition) is 4. The van der Waals surface area contributed by atoms with Gasteiger partial charge in [-0.3, -0.25) is 9.79 Å². The number of benzene rings is 2. The molecular weight excluding hydrogens is 480 g/mol. The topological polar surface area (TPSA) is 119 Å². The largest absolute Gasteiger partial charge is 0.495 e. The van der Waals surface area contributed by atoms with Crippen LogP contribution >= 0.6 is 11.6 Å². The molecule has 0 saturated heterocycles. The number of halogens is 1. The van der Waals surface area contributed by atoms with Crippen LogP contribution < -0.4 is 20.5 Å². The van der Waals surface area contributed by atoms with Gasteiger partial charge in [-0.2, -0.15) is 0 Å². The zero-order valence-corrected chi connectivity index (χ0v) is 20.8. The van der Waals surface area contributed by atoms with Crippen LogP contribution in [-0.2, 0) is 0 Å². The fourth-order valence-corrected chi connectivity index (χ4v) is 4.64. The van der Waals surface area contributed by atoms with Crippen LogP contribution in [0.15, 0.2) is 52.4 Å². The van der Waals surface area contributed by atoms with E-state index < -0.39 is 6.10 Å². The van der Waals surface area contributed by atoms with Gasteiger partial charge < -0.3 is 30.0 Å². The van der Waals surface area contributed by atoms with Gasteiger partial charge in [-0.05, 0) is 54.8 Å². The maximum Gasteiger partial charge on any atom is 0.261 e. The van der Waals surface area contributed by atoms with Crippen molar-refractivity contribution in [2.75, 3.05) is 37.0 Å². The van der Waals surface area contributed by atoms with Gasteiger partial charge in [0, 0.05) is 31.5 Å². The predicted octanol–water partition coefficient (Wildman–Crippen LogP) is 4.27. The number of aromatic amines is 2. The number of fused-ring (bicyclic) bond motifs is 1. The van der Waals surface area contributed by atoms with Crippen LogP contribution in [0.25, 0.3) is 22.4 Å². The number of rotatable bonds is 7. The minimum absolute atomic E-state index is 0.164. The van der Waals surface area contributed by atoms with E-state index in [1.807, 2.05) is 19.3 Å². The third-order valence-electron chi connectivity index (χ3n) is 6.24. The predicted molar refractivity (Wildman–Crippen MR) is 144 cm³/mol. The maximum absolute atomic E-state index is 12.9. The second-order valence-electron chi connectivity index (χ2n) is 8.70. The van der Waals surface area contributed by atoms with E-state index in [0.29, 0.717) is 33.4 Å². The Morgan fingerprint density at radius 3 is 2.89 bits per heavy atom. The molecule has 0 spiro atoms. The van der Waals surface area contributed by atoms with E-state index in [1.54, 1.807) is 30.5 Å². The van der Waals surface area contributed by atoms with Gasteiger partial charge in [0.1, 0.15) is 17.1 Å². The smallest absolute Gasteiger partial charge is 0.261 e. The first-order valence-corrected chi connectivity index (χ1v) is 12.1. The van der Waals surface area contributed by atoms with Crippen molar-refractivity contribution in [3.63, 3.8) is 0 Å². The Morgan fingerprint density at radius 2 is 2.14 bits per heavy atom. The summed E-state index contributed by atoms with van der Waals surface area (Å²) in [5.41, 5.74) is 4.92. The molecule has 0 fully saturated rings. The van der Waals surface area contributed by atoms with Crippen LogP contribution in [0, 0.1) is 6.92 Å². The molecular formula is C26H27ClN6O3. The highest BCUT2D eigenvalue weighted by molar-refractivity contribution is 6.32. The number of aliphatic hydroxyl groups excluding tert-OH is 1. The number of imidazole rings is 1. The summed E-state index contributed by atoms with van der Waals surface area (Å²) in [7, 11) is 1.54. The number of aromatic nitrogens is 3. The molecule has 5 rings (SSSR count). The monoisotopic (exact) mass is 506 g/mol. The van der Waals surface area contributed by atoms with Crippen LogP contribution in [0.3, 0.4) is 0 Å². The van der Waals surface area contributed by atoms with Gasteiger partial charge in [-0.15, -0.1) is 0 Å². The summed E-state index contributed by atoms with van der Waals surface area (Å²) >= 11 is 6.20. The molecule has 186 valence electrons. The summed E-state index contributed by atoms with van der Waals surface area (Å²) in [6.45, 7) is 3.92. The Morgan fingerprint density at radius 1 is 1.28 bits per heavy atom. The standard InChI is InChI=1S/C26H27ClN6O3/c1-15-10-17(33-9-3-7-28-14-33)12-20-24(15)32-25(31-20)23-19(6-8-29-26(23)35)30-13-21(34)16-4-5-22(36-2)18(27)11-16/h4-6,8,10-12,14,21,34H,3,7,9,13H2,1-2H3,(H,31,32)(H2,29,30,35). The van der Waals surface area contributed by atoms with E-state index in [-0.39, 0.29) is 12.1 Å². The quantitative estimate of drug-likeness (QED) is 0.297. The number of aryl methyl sites for hydroxylation is 1. The number of aliphatic hydroxyl groups is 1. The average Bonchev–Trinajstić information content (AvgIpc) is 3.32. The first kappa shape index (κ1) is 23.9. The lowest BCUT2D eigenvalue weighted by atomic mass is 10.1. The van der Waals surface area contributed by atoms with Gasteiger partial charge in [-0.25, -0.2) is 4.98 Å². The fourth-order valence-electron chi connectivity index (χ4n) is 4.37. The molecule has 4 N–H and O–H groups in total. The average molecular weight is 507 g/mol. The first-order valence-electron chi connectivity index (χ1n) is 11.7. The third-order valence-corrected chi connectivity index (χ3v) is 6.54. The molecule has 9 nitrogen and oxygen atoms in total. The Bertz CT molecular complexity index is 1500. The van der Waals surface area contributed by atoms with E-state index in [0.717, 1.165) is 41.8 Å². The number of nitrogens with one attached hydrogen (secondary N) is 3. The SMILES string of the molecule is COc1ccc(C(O)CNc2cc[nH]c(=O)c2-c2nc3c(C)cc(N4C=NCCC4)cc3[nH]2)cc1Cl. The van der Waals surface area contributed by atoms with Crippen molar-refractivity contribution in [1.29, 1.82) is 0 Å². The molecule has 0 bridgehead atoms. The highest BCUT2D eigenvalue weighted by Crippen LogP contribution is 2.31. The number of nitrogens with zero attached hydrogens (tertiary/aromatic N) is 3. The molecule has 1 aliphatic heterocycles. The van der Waals surface area contributed by atoms with Gasteiger partial charge in [0.2, 0.25) is 0 Å². The van der Waals surface area contributed by atoms with Crippen molar-refractivity contribution < 1.29 is 9.84 Å². The first-order chi connectivity index (χ1) is 17.4.